The van der Waals surface area contributed by atoms with Crippen molar-refractivity contribution in [1.29, 1.82) is 0 Å². The van der Waals surface area contributed by atoms with Gasteiger partial charge in [-0.25, -0.2) is 0 Å². The minimum atomic E-state index is 0.277. The molecule has 0 saturated carbocycles. The quantitative estimate of drug-likeness (QED) is 0.841. The lowest BCUT2D eigenvalue weighted by Crippen LogP contribution is -2.49. The van der Waals surface area contributed by atoms with Crippen LogP contribution < -0.4 is 5.32 Å². The monoisotopic (exact) mass is 220 g/mol. The van der Waals surface area contributed by atoms with Gasteiger partial charge < -0.3 is 15.0 Å². The van der Waals surface area contributed by atoms with E-state index in [9.17, 15) is 0 Å². The van der Waals surface area contributed by atoms with E-state index in [0.29, 0.717) is 6.04 Å². The number of ether oxygens (including phenoxy) is 1. The lowest BCUT2D eigenvalue weighted by atomic mass is 10.0. The van der Waals surface area contributed by atoms with Crippen molar-refractivity contribution in [3.8, 4) is 0 Å². The number of methoxy groups -OCH3 is 1. The van der Waals surface area contributed by atoms with Crippen LogP contribution in [0, 0.1) is 0 Å². The molecule has 1 saturated heterocycles. The Morgan fingerprint density at radius 2 is 2.06 bits per heavy atom. The molecule has 2 rings (SSSR count). The van der Waals surface area contributed by atoms with Gasteiger partial charge in [-0.3, -0.25) is 0 Å². The van der Waals surface area contributed by atoms with Gasteiger partial charge in [0.1, 0.15) is 0 Å². The lowest BCUT2D eigenvalue weighted by molar-refractivity contribution is 0.0312. The molecule has 88 valence electrons. The minimum Gasteiger partial charge on any atom is -0.380 e. The fourth-order valence-electron chi connectivity index (χ4n) is 2.22. The zero-order valence-corrected chi connectivity index (χ0v) is 10.0. The SMILES string of the molecule is COC1CN(C)CCC1Nc1ccccc1. The molecule has 1 aromatic rings. The van der Waals surface area contributed by atoms with Crippen LogP contribution in [0.5, 0.6) is 0 Å². The normalized spacial score (nSPS) is 26.6. The number of nitrogens with one attached hydrogen (secondary N) is 1. The maximum atomic E-state index is 5.54. The molecule has 0 bridgehead atoms. The van der Waals surface area contributed by atoms with E-state index in [0.717, 1.165) is 19.5 Å². The third-order valence-electron chi connectivity index (χ3n) is 3.19. The average molecular weight is 220 g/mol. The Morgan fingerprint density at radius 1 is 1.31 bits per heavy atom. The van der Waals surface area contributed by atoms with E-state index in [2.05, 4.69) is 41.5 Å². The van der Waals surface area contributed by atoms with Gasteiger partial charge in [0.05, 0.1) is 12.1 Å². The first-order valence-electron chi connectivity index (χ1n) is 5.82. The van der Waals surface area contributed by atoms with E-state index in [1.807, 2.05) is 6.07 Å². The van der Waals surface area contributed by atoms with Gasteiger partial charge in [-0.15, -0.1) is 0 Å². The Bertz CT molecular complexity index is 315. The maximum Gasteiger partial charge on any atom is 0.0899 e. The summed E-state index contributed by atoms with van der Waals surface area (Å²) < 4.78 is 5.54. The Labute approximate surface area is 97.4 Å². The summed E-state index contributed by atoms with van der Waals surface area (Å²) in [5, 5.41) is 3.55. The molecule has 3 nitrogen and oxygen atoms in total. The molecule has 1 aliphatic rings. The number of nitrogens with zero attached hydrogens (tertiary/aromatic N) is 1. The summed E-state index contributed by atoms with van der Waals surface area (Å²) in [5.41, 5.74) is 1.18. The van der Waals surface area contributed by atoms with Gasteiger partial charge in [0.25, 0.3) is 0 Å². The summed E-state index contributed by atoms with van der Waals surface area (Å²) in [6.45, 7) is 2.13. The van der Waals surface area contributed by atoms with Gasteiger partial charge in [0, 0.05) is 19.3 Å². The molecule has 0 spiro atoms. The van der Waals surface area contributed by atoms with Crippen molar-refractivity contribution in [3.63, 3.8) is 0 Å². The third-order valence-corrected chi connectivity index (χ3v) is 3.19. The van der Waals surface area contributed by atoms with Crippen LogP contribution in [0.1, 0.15) is 6.42 Å². The molecule has 0 radical (unpaired) electrons. The van der Waals surface area contributed by atoms with Crippen molar-refractivity contribution in [3.05, 3.63) is 30.3 Å². The number of piperidine rings is 1. The molecule has 0 amide bonds. The number of anilines is 1. The fraction of sp³-hybridized carbons (Fsp3) is 0.538. The van der Waals surface area contributed by atoms with Crippen LogP contribution >= 0.6 is 0 Å². The highest BCUT2D eigenvalue weighted by Crippen LogP contribution is 2.17. The van der Waals surface area contributed by atoms with Gasteiger partial charge in [-0.1, -0.05) is 18.2 Å². The van der Waals surface area contributed by atoms with Crippen LogP contribution in [0.3, 0.4) is 0 Å². The van der Waals surface area contributed by atoms with Gasteiger partial charge >= 0.3 is 0 Å². The number of likely N-dealkylation sites (N-methyl/N-ethyl adjacent to an activating group) is 1. The molecule has 0 aliphatic carbocycles. The molecule has 0 aromatic heterocycles. The molecule has 2 atom stereocenters. The fourth-order valence-corrected chi connectivity index (χ4v) is 2.22. The minimum absolute atomic E-state index is 0.277. The number of para-hydroxylation sites is 1. The van der Waals surface area contributed by atoms with Crippen LogP contribution in [0.4, 0.5) is 5.69 Å². The van der Waals surface area contributed by atoms with Crippen LogP contribution in [0.15, 0.2) is 30.3 Å². The van der Waals surface area contributed by atoms with E-state index >= 15 is 0 Å². The molecule has 1 aliphatic heterocycles. The Hall–Kier alpha value is -1.06. The third kappa shape index (κ3) is 2.74. The number of hydrogen-bond acceptors (Lipinski definition) is 3. The van der Waals surface area contributed by atoms with Crippen molar-refractivity contribution in [2.75, 3.05) is 32.6 Å². The predicted molar refractivity (Wildman–Crippen MR) is 66.8 cm³/mol. The summed E-state index contributed by atoms with van der Waals surface area (Å²) in [5.74, 6) is 0. The highest BCUT2D eigenvalue weighted by molar-refractivity contribution is 5.43. The topological polar surface area (TPSA) is 24.5 Å². The van der Waals surface area contributed by atoms with Gasteiger partial charge in [0.2, 0.25) is 0 Å². The molecular formula is C13H20N2O. The van der Waals surface area contributed by atoms with Crippen LogP contribution in [-0.2, 0) is 4.74 Å². The molecule has 2 unspecified atom stereocenters. The molecule has 1 aromatic carbocycles. The first kappa shape index (κ1) is 11.4. The second kappa shape index (κ2) is 5.32. The van der Waals surface area contributed by atoms with Gasteiger partial charge in [-0.2, -0.15) is 0 Å². The first-order valence-corrected chi connectivity index (χ1v) is 5.82. The smallest absolute Gasteiger partial charge is 0.0899 e. The number of likely N-dealkylation sites (tertiary alicyclic amines) is 1. The second-order valence-corrected chi connectivity index (χ2v) is 4.44. The Balaban J connectivity index is 1.98. The highest BCUT2D eigenvalue weighted by Gasteiger charge is 2.27. The van der Waals surface area contributed by atoms with E-state index < -0.39 is 0 Å². The van der Waals surface area contributed by atoms with Crippen molar-refractivity contribution < 1.29 is 4.74 Å². The van der Waals surface area contributed by atoms with Crippen LogP contribution in [0.2, 0.25) is 0 Å². The molecule has 3 heteroatoms. The van der Waals surface area contributed by atoms with Crippen molar-refractivity contribution in [1.82, 2.24) is 4.90 Å². The molecular weight excluding hydrogens is 200 g/mol. The van der Waals surface area contributed by atoms with Gasteiger partial charge in [-0.05, 0) is 32.1 Å². The maximum absolute atomic E-state index is 5.54. The number of benzene rings is 1. The number of hydrogen-bond donors (Lipinski definition) is 1. The van der Waals surface area contributed by atoms with E-state index in [-0.39, 0.29) is 6.10 Å². The van der Waals surface area contributed by atoms with E-state index in [4.69, 9.17) is 4.74 Å². The van der Waals surface area contributed by atoms with Gasteiger partial charge in [0.15, 0.2) is 0 Å². The van der Waals surface area contributed by atoms with E-state index in [1.54, 1.807) is 7.11 Å². The summed E-state index contributed by atoms with van der Waals surface area (Å²) in [6, 6.07) is 10.8. The van der Waals surface area contributed by atoms with Crippen LogP contribution in [0.25, 0.3) is 0 Å². The van der Waals surface area contributed by atoms with Crippen molar-refractivity contribution in [2.45, 2.75) is 18.6 Å². The van der Waals surface area contributed by atoms with Crippen molar-refractivity contribution in [2.24, 2.45) is 0 Å². The summed E-state index contributed by atoms with van der Waals surface area (Å²) in [7, 11) is 3.94. The summed E-state index contributed by atoms with van der Waals surface area (Å²) in [4.78, 5) is 2.32. The lowest BCUT2D eigenvalue weighted by Gasteiger charge is -2.36. The van der Waals surface area contributed by atoms with E-state index in [1.165, 1.54) is 5.69 Å². The Kier molecular flexibility index (Phi) is 3.80. The Morgan fingerprint density at radius 3 is 2.75 bits per heavy atom. The predicted octanol–water partition coefficient (Wildman–Crippen LogP) is 1.82. The summed E-state index contributed by atoms with van der Waals surface area (Å²) in [6.07, 6.45) is 1.41. The number of rotatable bonds is 3. The van der Waals surface area contributed by atoms with Crippen LogP contribution in [-0.4, -0.2) is 44.3 Å². The largest absolute Gasteiger partial charge is 0.380 e. The molecule has 16 heavy (non-hydrogen) atoms. The molecule has 1 heterocycles. The second-order valence-electron chi connectivity index (χ2n) is 4.44. The first-order chi connectivity index (χ1) is 7.79. The molecule has 1 fully saturated rings. The average Bonchev–Trinajstić information content (AvgIpc) is 2.33. The highest BCUT2D eigenvalue weighted by atomic mass is 16.5. The standard InChI is InChI=1S/C13H20N2O/c1-15-9-8-12(13(10-15)16-2)14-11-6-4-3-5-7-11/h3-7,12-14H,8-10H2,1-2H3. The molecule has 1 N–H and O–H groups in total. The zero-order chi connectivity index (χ0) is 11.4. The summed E-state index contributed by atoms with van der Waals surface area (Å²) >= 11 is 0. The zero-order valence-electron chi connectivity index (χ0n) is 10.0. The van der Waals surface area contributed by atoms with Crippen molar-refractivity contribution >= 4 is 5.69 Å².